The first-order valence-corrected chi connectivity index (χ1v) is 2.87. The number of carbonyl (C=O) groups excluding carboxylic acids is 1. The third-order valence-corrected chi connectivity index (χ3v) is 1.49. The van der Waals surface area contributed by atoms with Gasteiger partial charge in [0.25, 0.3) is 0 Å². The third kappa shape index (κ3) is 1.04. The van der Waals surface area contributed by atoms with Crippen LogP contribution in [0.3, 0.4) is 0 Å². The van der Waals surface area contributed by atoms with Crippen molar-refractivity contribution in [1.82, 2.24) is 4.90 Å². The molecule has 9 heavy (non-hydrogen) atoms. The van der Waals surface area contributed by atoms with Gasteiger partial charge >= 0.3 is 0 Å². The molecule has 0 fully saturated rings. The van der Waals surface area contributed by atoms with E-state index in [0.29, 0.717) is 6.42 Å². The molecule has 2 N–H and O–H groups in total. The first kappa shape index (κ1) is 6.13. The van der Waals surface area contributed by atoms with E-state index in [9.17, 15) is 4.79 Å². The number of nitrogens with two attached hydrogens (primary N) is 1. The van der Waals surface area contributed by atoms with Crippen LogP contribution in [0.25, 0.3) is 0 Å². The quantitative estimate of drug-likeness (QED) is 0.490. The normalized spacial score (nSPS) is 26.1. The zero-order chi connectivity index (χ0) is 6.85. The molecule has 0 aromatic rings. The highest BCUT2D eigenvalue weighted by atomic mass is 16.1. The minimum Gasteiger partial charge on any atom is -0.401 e. The van der Waals surface area contributed by atoms with Gasteiger partial charge in [0.1, 0.15) is 6.29 Å². The topological polar surface area (TPSA) is 46.3 Å². The van der Waals surface area contributed by atoms with Crippen molar-refractivity contribution in [1.29, 1.82) is 0 Å². The van der Waals surface area contributed by atoms with E-state index in [1.807, 2.05) is 11.9 Å². The first-order valence-electron chi connectivity index (χ1n) is 2.87. The third-order valence-electron chi connectivity index (χ3n) is 1.49. The van der Waals surface area contributed by atoms with E-state index in [4.69, 9.17) is 5.73 Å². The molecule has 1 aliphatic rings. The molecule has 3 heteroatoms. The fraction of sp³-hybridized carbons (Fsp3) is 0.500. The number of hydrogen-bond donors (Lipinski definition) is 1. The Kier molecular flexibility index (Phi) is 1.42. The van der Waals surface area contributed by atoms with Crippen molar-refractivity contribution in [3.8, 4) is 0 Å². The summed E-state index contributed by atoms with van der Waals surface area (Å²) in [5.74, 6) is 0. The standard InChI is InChI=1S/C6H10N2O/c1-8-3-5(7)2-6(8)4-9/h3-4,6H,2,7H2,1H3. The Labute approximate surface area is 54.1 Å². The molecule has 1 aliphatic heterocycles. The monoisotopic (exact) mass is 126 g/mol. The van der Waals surface area contributed by atoms with Crippen LogP contribution in [0.2, 0.25) is 0 Å². The second-order valence-electron chi connectivity index (χ2n) is 2.28. The maximum absolute atomic E-state index is 10.2. The molecule has 0 aliphatic carbocycles. The van der Waals surface area contributed by atoms with Crippen LogP contribution in [0.15, 0.2) is 11.9 Å². The lowest BCUT2D eigenvalue weighted by atomic mass is 10.2. The summed E-state index contributed by atoms with van der Waals surface area (Å²) >= 11 is 0. The summed E-state index contributed by atoms with van der Waals surface area (Å²) in [6.45, 7) is 0. The molecule has 3 nitrogen and oxygen atoms in total. The zero-order valence-corrected chi connectivity index (χ0v) is 5.37. The van der Waals surface area contributed by atoms with E-state index in [0.717, 1.165) is 12.0 Å². The summed E-state index contributed by atoms with van der Waals surface area (Å²) in [4.78, 5) is 12.1. The maximum atomic E-state index is 10.2. The van der Waals surface area contributed by atoms with Gasteiger partial charge in [-0.1, -0.05) is 0 Å². The summed E-state index contributed by atoms with van der Waals surface area (Å²) in [5.41, 5.74) is 6.24. The van der Waals surface area contributed by atoms with Gasteiger partial charge in [0.05, 0.1) is 6.04 Å². The molecule has 0 saturated carbocycles. The van der Waals surface area contributed by atoms with Crippen LogP contribution in [-0.4, -0.2) is 24.3 Å². The van der Waals surface area contributed by atoms with E-state index in [1.54, 1.807) is 6.20 Å². The molecule has 1 heterocycles. The predicted molar refractivity (Wildman–Crippen MR) is 34.5 cm³/mol. The van der Waals surface area contributed by atoms with Gasteiger partial charge in [-0.15, -0.1) is 0 Å². The number of hydrogen-bond acceptors (Lipinski definition) is 3. The van der Waals surface area contributed by atoms with Gasteiger partial charge in [-0.05, 0) is 0 Å². The van der Waals surface area contributed by atoms with E-state index in [-0.39, 0.29) is 6.04 Å². The Bertz CT molecular complexity index is 153. The Morgan fingerprint density at radius 3 is 2.89 bits per heavy atom. The lowest BCUT2D eigenvalue weighted by Gasteiger charge is -2.12. The smallest absolute Gasteiger partial charge is 0.142 e. The van der Waals surface area contributed by atoms with Gasteiger partial charge in [0.15, 0.2) is 0 Å². The van der Waals surface area contributed by atoms with Gasteiger partial charge in [0, 0.05) is 25.4 Å². The van der Waals surface area contributed by atoms with E-state index in [1.165, 1.54) is 0 Å². The van der Waals surface area contributed by atoms with Crippen molar-refractivity contribution in [3.63, 3.8) is 0 Å². The Hall–Kier alpha value is -0.990. The fourth-order valence-electron chi connectivity index (χ4n) is 0.940. The van der Waals surface area contributed by atoms with Crippen LogP contribution in [0.1, 0.15) is 6.42 Å². The van der Waals surface area contributed by atoms with Crippen LogP contribution < -0.4 is 5.73 Å². The Balaban J connectivity index is 2.59. The molecule has 1 rings (SSSR count). The molecule has 0 saturated heterocycles. The molecule has 0 bridgehead atoms. The molecular weight excluding hydrogens is 116 g/mol. The van der Waals surface area contributed by atoms with Crippen LogP contribution >= 0.6 is 0 Å². The van der Waals surface area contributed by atoms with Gasteiger partial charge < -0.3 is 15.4 Å². The summed E-state index contributed by atoms with van der Waals surface area (Å²) in [6.07, 6.45) is 3.38. The Morgan fingerprint density at radius 1 is 2.00 bits per heavy atom. The number of aldehydes is 1. The van der Waals surface area contributed by atoms with Gasteiger partial charge in [-0.25, -0.2) is 0 Å². The first-order chi connectivity index (χ1) is 4.24. The van der Waals surface area contributed by atoms with E-state index < -0.39 is 0 Å². The second-order valence-corrected chi connectivity index (χ2v) is 2.28. The van der Waals surface area contributed by atoms with Crippen molar-refractivity contribution in [3.05, 3.63) is 11.9 Å². The molecule has 0 aromatic carbocycles. The average molecular weight is 126 g/mol. The number of rotatable bonds is 1. The van der Waals surface area contributed by atoms with Crippen molar-refractivity contribution in [2.45, 2.75) is 12.5 Å². The highest BCUT2D eigenvalue weighted by molar-refractivity contribution is 5.59. The zero-order valence-electron chi connectivity index (χ0n) is 5.37. The molecule has 0 aromatic heterocycles. The number of likely N-dealkylation sites (N-methyl/N-ethyl adjacent to an activating group) is 1. The molecular formula is C6H10N2O. The molecule has 1 unspecified atom stereocenters. The molecule has 1 atom stereocenters. The largest absolute Gasteiger partial charge is 0.401 e. The molecule has 50 valence electrons. The Morgan fingerprint density at radius 2 is 2.67 bits per heavy atom. The highest BCUT2D eigenvalue weighted by Crippen LogP contribution is 2.12. The second kappa shape index (κ2) is 2.09. The van der Waals surface area contributed by atoms with Crippen LogP contribution in [0.5, 0.6) is 0 Å². The molecule has 0 spiro atoms. The molecule has 0 amide bonds. The SMILES string of the molecule is CN1C=C(N)CC1C=O. The fourth-order valence-corrected chi connectivity index (χ4v) is 0.940. The summed E-state index contributed by atoms with van der Waals surface area (Å²) in [6, 6.07) is -0.0231. The van der Waals surface area contributed by atoms with E-state index >= 15 is 0 Å². The maximum Gasteiger partial charge on any atom is 0.142 e. The molecule has 0 radical (unpaired) electrons. The summed E-state index contributed by atoms with van der Waals surface area (Å²) in [5, 5.41) is 0. The predicted octanol–water partition coefficient (Wildman–Crippen LogP) is -0.311. The minimum absolute atomic E-state index is 0.0231. The van der Waals surface area contributed by atoms with Crippen LogP contribution in [-0.2, 0) is 4.79 Å². The number of carbonyl (C=O) groups is 1. The number of nitrogens with zero attached hydrogens (tertiary/aromatic N) is 1. The van der Waals surface area contributed by atoms with Crippen LogP contribution in [0.4, 0.5) is 0 Å². The van der Waals surface area contributed by atoms with Crippen molar-refractivity contribution in [2.75, 3.05) is 7.05 Å². The van der Waals surface area contributed by atoms with Gasteiger partial charge in [-0.3, -0.25) is 0 Å². The summed E-state index contributed by atoms with van der Waals surface area (Å²) in [7, 11) is 1.85. The lowest BCUT2D eigenvalue weighted by Crippen LogP contribution is -2.23. The minimum atomic E-state index is -0.0231. The lowest BCUT2D eigenvalue weighted by molar-refractivity contribution is -0.110. The highest BCUT2D eigenvalue weighted by Gasteiger charge is 2.17. The van der Waals surface area contributed by atoms with Crippen LogP contribution in [0, 0.1) is 0 Å². The van der Waals surface area contributed by atoms with Crippen molar-refractivity contribution < 1.29 is 4.79 Å². The summed E-state index contributed by atoms with van der Waals surface area (Å²) < 4.78 is 0. The van der Waals surface area contributed by atoms with E-state index in [2.05, 4.69) is 0 Å². The van der Waals surface area contributed by atoms with Gasteiger partial charge in [-0.2, -0.15) is 0 Å². The average Bonchev–Trinajstić information content (AvgIpc) is 2.10. The van der Waals surface area contributed by atoms with Gasteiger partial charge in [0.2, 0.25) is 0 Å². The van der Waals surface area contributed by atoms with Crippen molar-refractivity contribution >= 4 is 6.29 Å². The van der Waals surface area contributed by atoms with Crippen molar-refractivity contribution in [2.24, 2.45) is 5.73 Å².